The predicted molar refractivity (Wildman–Crippen MR) is 114 cm³/mol. The monoisotopic (exact) mass is 371 g/mol. The van der Waals surface area contributed by atoms with Crippen molar-refractivity contribution in [2.75, 3.05) is 32.7 Å². The number of hydrogen-bond acceptors (Lipinski definition) is 3. The zero-order chi connectivity index (χ0) is 19.3. The maximum atomic E-state index is 13.1. The van der Waals surface area contributed by atoms with E-state index in [0.29, 0.717) is 0 Å². The van der Waals surface area contributed by atoms with Gasteiger partial charge in [-0.05, 0) is 34.4 Å². The quantitative estimate of drug-likeness (QED) is 0.693. The molecule has 1 aliphatic heterocycles. The molecule has 1 fully saturated rings. The van der Waals surface area contributed by atoms with E-state index in [4.69, 9.17) is 5.41 Å². The zero-order valence-corrected chi connectivity index (χ0v) is 16.0. The second-order valence-electron chi connectivity index (χ2n) is 7.26. The van der Waals surface area contributed by atoms with Crippen molar-refractivity contribution in [3.63, 3.8) is 0 Å². The fourth-order valence-corrected chi connectivity index (χ4v) is 3.91. The normalized spacial score (nSPS) is 14.9. The fraction of sp³-hybridized carbons (Fsp3) is 0.250. The highest BCUT2D eigenvalue weighted by atomic mass is 16.2. The highest BCUT2D eigenvalue weighted by Gasteiger charge is 2.23. The van der Waals surface area contributed by atoms with E-state index in [1.165, 1.54) is 11.8 Å². The number of carbonyl (C=O) groups excluding carboxylic acids is 1. The number of rotatable bonds is 5. The van der Waals surface area contributed by atoms with Crippen molar-refractivity contribution in [3.8, 4) is 0 Å². The minimum Gasteiger partial charge on any atom is -0.336 e. The summed E-state index contributed by atoms with van der Waals surface area (Å²) in [7, 11) is 0. The number of benzene rings is 3. The molecule has 142 valence electrons. The molecule has 1 aliphatic rings. The molecule has 28 heavy (non-hydrogen) atoms. The first kappa shape index (κ1) is 18.4. The summed E-state index contributed by atoms with van der Waals surface area (Å²) >= 11 is 0. The molecule has 4 rings (SSSR count). The lowest BCUT2D eigenvalue weighted by atomic mass is 9.99. The molecule has 4 nitrogen and oxygen atoms in total. The molecule has 0 saturated carbocycles. The second kappa shape index (κ2) is 8.36. The lowest BCUT2D eigenvalue weighted by Gasteiger charge is -2.35. The van der Waals surface area contributed by atoms with Crippen LogP contribution in [0.2, 0.25) is 0 Å². The Morgan fingerprint density at radius 1 is 0.857 bits per heavy atom. The molecule has 0 unspecified atom stereocenters. The SMILES string of the molecule is N=Cc1ccc(C(=O)N2CCN(CCc3ccccc3)CC2)c2ccccc12. The fourth-order valence-electron chi connectivity index (χ4n) is 3.91. The van der Waals surface area contributed by atoms with Crippen LogP contribution in [-0.4, -0.2) is 54.6 Å². The first-order valence-corrected chi connectivity index (χ1v) is 9.84. The van der Waals surface area contributed by atoms with E-state index in [-0.39, 0.29) is 5.91 Å². The Morgan fingerprint density at radius 2 is 1.54 bits per heavy atom. The van der Waals surface area contributed by atoms with Gasteiger partial charge in [0.05, 0.1) is 0 Å². The van der Waals surface area contributed by atoms with Crippen molar-refractivity contribution in [1.29, 1.82) is 5.41 Å². The van der Waals surface area contributed by atoms with Crippen molar-refractivity contribution in [2.24, 2.45) is 0 Å². The Kier molecular flexibility index (Phi) is 5.49. The minimum atomic E-state index is 0.0930. The Labute approximate surface area is 165 Å². The number of hydrogen-bond donors (Lipinski definition) is 1. The smallest absolute Gasteiger partial charge is 0.254 e. The van der Waals surface area contributed by atoms with Gasteiger partial charge in [-0.2, -0.15) is 0 Å². The van der Waals surface area contributed by atoms with Crippen molar-refractivity contribution < 1.29 is 4.79 Å². The van der Waals surface area contributed by atoms with Crippen LogP contribution < -0.4 is 0 Å². The molecule has 0 atom stereocenters. The first-order valence-electron chi connectivity index (χ1n) is 9.84. The van der Waals surface area contributed by atoms with Crippen molar-refractivity contribution in [3.05, 3.63) is 83.4 Å². The second-order valence-corrected chi connectivity index (χ2v) is 7.26. The van der Waals surface area contributed by atoms with E-state index in [2.05, 4.69) is 29.2 Å². The van der Waals surface area contributed by atoms with E-state index < -0.39 is 0 Å². The summed E-state index contributed by atoms with van der Waals surface area (Å²) in [5.74, 6) is 0.0930. The molecule has 1 N–H and O–H groups in total. The lowest BCUT2D eigenvalue weighted by Crippen LogP contribution is -2.49. The molecule has 0 aromatic heterocycles. The van der Waals surface area contributed by atoms with E-state index in [9.17, 15) is 4.79 Å². The van der Waals surface area contributed by atoms with Crippen molar-refractivity contribution in [2.45, 2.75) is 6.42 Å². The van der Waals surface area contributed by atoms with Crippen molar-refractivity contribution >= 4 is 22.9 Å². The molecule has 1 heterocycles. The van der Waals surface area contributed by atoms with Crippen LogP contribution in [0.25, 0.3) is 10.8 Å². The lowest BCUT2D eigenvalue weighted by molar-refractivity contribution is 0.0640. The average Bonchev–Trinajstić information content (AvgIpc) is 2.77. The molecule has 0 bridgehead atoms. The Bertz CT molecular complexity index is 976. The van der Waals surface area contributed by atoms with Crippen molar-refractivity contribution in [1.82, 2.24) is 9.80 Å². The molecule has 3 aromatic carbocycles. The van der Waals surface area contributed by atoms with Crippen LogP contribution in [0.4, 0.5) is 0 Å². The Hall–Kier alpha value is -2.98. The summed E-state index contributed by atoms with van der Waals surface area (Å²) in [5, 5.41) is 9.49. The Balaban J connectivity index is 1.42. The van der Waals surface area contributed by atoms with Gasteiger partial charge in [-0.1, -0.05) is 60.7 Å². The summed E-state index contributed by atoms with van der Waals surface area (Å²) in [6.45, 7) is 4.37. The number of fused-ring (bicyclic) bond motifs is 1. The van der Waals surface area contributed by atoms with Gasteiger partial charge >= 0.3 is 0 Å². The van der Waals surface area contributed by atoms with Gasteiger partial charge < -0.3 is 10.3 Å². The third kappa shape index (κ3) is 3.82. The molecule has 0 spiro atoms. The molecular weight excluding hydrogens is 346 g/mol. The largest absolute Gasteiger partial charge is 0.336 e. The predicted octanol–water partition coefficient (Wildman–Crippen LogP) is 3.84. The number of nitrogens with one attached hydrogen (secondary N) is 1. The van der Waals surface area contributed by atoms with Gasteiger partial charge in [-0.25, -0.2) is 0 Å². The van der Waals surface area contributed by atoms with Crippen LogP contribution in [0.15, 0.2) is 66.7 Å². The number of nitrogens with zero attached hydrogens (tertiary/aromatic N) is 2. The van der Waals surface area contributed by atoms with E-state index in [1.807, 2.05) is 47.4 Å². The standard InChI is InChI=1S/C24H25N3O/c25-18-20-10-11-23(22-9-5-4-8-21(20)22)24(28)27-16-14-26(15-17-27)13-12-19-6-2-1-3-7-19/h1-11,18,25H,12-17H2. The molecule has 1 saturated heterocycles. The van der Waals surface area contributed by atoms with Gasteiger partial charge in [-0.15, -0.1) is 0 Å². The van der Waals surface area contributed by atoms with Crippen LogP contribution in [0.3, 0.4) is 0 Å². The number of piperazine rings is 1. The maximum absolute atomic E-state index is 13.1. The van der Waals surface area contributed by atoms with Crippen LogP contribution in [0.5, 0.6) is 0 Å². The van der Waals surface area contributed by atoms with Gasteiger partial charge in [0.2, 0.25) is 0 Å². The molecule has 0 radical (unpaired) electrons. The minimum absolute atomic E-state index is 0.0930. The van der Waals surface area contributed by atoms with Gasteiger partial charge in [0.25, 0.3) is 5.91 Å². The van der Waals surface area contributed by atoms with Gasteiger partial charge in [0, 0.05) is 44.5 Å². The van der Waals surface area contributed by atoms with Crippen LogP contribution >= 0.6 is 0 Å². The van der Waals surface area contributed by atoms with E-state index >= 15 is 0 Å². The van der Waals surface area contributed by atoms with Crippen LogP contribution in [-0.2, 0) is 6.42 Å². The zero-order valence-electron chi connectivity index (χ0n) is 16.0. The average molecular weight is 371 g/mol. The molecule has 0 aliphatic carbocycles. The highest BCUT2D eigenvalue weighted by molar-refractivity contribution is 6.11. The summed E-state index contributed by atoms with van der Waals surface area (Å²) < 4.78 is 0. The van der Waals surface area contributed by atoms with Crippen LogP contribution in [0.1, 0.15) is 21.5 Å². The summed E-state index contributed by atoms with van der Waals surface area (Å²) in [4.78, 5) is 17.6. The third-order valence-corrected chi connectivity index (χ3v) is 5.56. The third-order valence-electron chi connectivity index (χ3n) is 5.56. The molecule has 3 aromatic rings. The van der Waals surface area contributed by atoms with E-state index in [0.717, 1.165) is 61.0 Å². The van der Waals surface area contributed by atoms with E-state index in [1.54, 1.807) is 0 Å². The van der Waals surface area contributed by atoms with Crippen LogP contribution in [0, 0.1) is 5.41 Å². The molecule has 4 heteroatoms. The molecular formula is C24H25N3O. The summed E-state index contributed by atoms with van der Waals surface area (Å²) in [5.41, 5.74) is 2.94. The summed E-state index contributed by atoms with van der Waals surface area (Å²) in [6, 6.07) is 22.2. The Morgan fingerprint density at radius 3 is 2.25 bits per heavy atom. The number of carbonyl (C=O) groups is 1. The topological polar surface area (TPSA) is 47.4 Å². The first-order chi connectivity index (χ1) is 13.8. The van der Waals surface area contributed by atoms with Gasteiger partial charge in [-0.3, -0.25) is 9.69 Å². The maximum Gasteiger partial charge on any atom is 0.254 e. The summed E-state index contributed by atoms with van der Waals surface area (Å²) in [6.07, 6.45) is 2.40. The molecule has 1 amide bonds. The number of amides is 1. The van der Waals surface area contributed by atoms with Gasteiger partial charge in [0.15, 0.2) is 0 Å². The highest BCUT2D eigenvalue weighted by Crippen LogP contribution is 2.23. The van der Waals surface area contributed by atoms with Gasteiger partial charge in [0.1, 0.15) is 0 Å².